The van der Waals surface area contributed by atoms with Gasteiger partial charge in [-0.15, -0.1) is 6.58 Å². The summed E-state index contributed by atoms with van der Waals surface area (Å²) < 4.78 is 19.3. The number of guanidine groups is 1. The molecule has 3 aromatic carbocycles. The van der Waals surface area contributed by atoms with Gasteiger partial charge in [0.2, 0.25) is 0 Å². The lowest BCUT2D eigenvalue weighted by atomic mass is 10.0. The maximum atomic E-state index is 14.0. The molecule has 0 saturated carbocycles. The van der Waals surface area contributed by atoms with Crippen LogP contribution in [0, 0.1) is 23.1 Å². The topological polar surface area (TPSA) is 65.4 Å². The highest BCUT2D eigenvalue weighted by molar-refractivity contribution is 6.05. The fraction of sp³-hybridized carbons (Fsp3) is 0.111. The first-order valence-electron chi connectivity index (χ1n) is 10.3. The Kier molecular flexibility index (Phi) is 7.98. The van der Waals surface area contributed by atoms with Gasteiger partial charge in [-0.3, -0.25) is 15.5 Å². The number of ether oxygens (including phenoxy) is 1. The molecule has 0 saturated heterocycles. The highest BCUT2D eigenvalue weighted by atomic mass is 19.1. The number of hydrogen-bond donors (Lipinski definition) is 2. The number of nitrogens with one attached hydrogen (secondary N) is 2. The number of nitrogens with zero attached hydrogens (tertiary/aromatic N) is 1. The van der Waals surface area contributed by atoms with Crippen molar-refractivity contribution in [3.63, 3.8) is 0 Å². The van der Waals surface area contributed by atoms with Crippen molar-refractivity contribution in [3.8, 4) is 17.6 Å². The van der Waals surface area contributed by atoms with E-state index in [1.54, 1.807) is 36.3 Å². The molecule has 3 rings (SSSR count). The van der Waals surface area contributed by atoms with Crippen molar-refractivity contribution >= 4 is 11.9 Å². The molecule has 1 atom stereocenters. The lowest BCUT2D eigenvalue weighted by molar-refractivity contribution is 0.0967. The van der Waals surface area contributed by atoms with Gasteiger partial charge in [0, 0.05) is 12.1 Å². The maximum Gasteiger partial charge on any atom is 0.260 e. The Labute approximate surface area is 193 Å². The monoisotopic (exact) mass is 441 g/mol. The first-order valence-corrected chi connectivity index (χ1v) is 10.3. The molecule has 3 aromatic rings. The van der Waals surface area contributed by atoms with Gasteiger partial charge in [0.1, 0.15) is 17.6 Å². The van der Waals surface area contributed by atoms with Crippen LogP contribution in [-0.4, -0.2) is 30.4 Å². The summed E-state index contributed by atoms with van der Waals surface area (Å²) in [6.07, 6.45) is 1.62. The van der Waals surface area contributed by atoms with Crippen molar-refractivity contribution in [1.29, 1.82) is 5.41 Å². The van der Waals surface area contributed by atoms with Crippen LogP contribution in [0.4, 0.5) is 4.39 Å². The second-order valence-electron chi connectivity index (χ2n) is 7.03. The molecule has 6 heteroatoms. The maximum absolute atomic E-state index is 14.0. The molecule has 0 spiro atoms. The van der Waals surface area contributed by atoms with E-state index in [1.807, 2.05) is 42.5 Å². The second-order valence-corrected chi connectivity index (χ2v) is 7.03. The normalized spacial score (nSPS) is 10.8. The molecule has 0 fully saturated rings. The number of benzene rings is 3. The summed E-state index contributed by atoms with van der Waals surface area (Å²) in [7, 11) is 1.58. The third-order valence-corrected chi connectivity index (χ3v) is 4.83. The molecule has 0 aliphatic rings. The van der Waals surface area contributed by atoms with E-state index in [4.69, 9.17) is 10.1 Å². The molecule has 0 aliphatic heterocycles. The lowest BCUT2D eigenvalue weighted by Gasteiger charge is -2.30. The van der Waals surface area contributed by atoms with E-state index in [9.17, 15) is 9.18 Å². The zero-order valence-corrected chi connectivity index (χ0v) is 18.2. The molecule has 1 amide bonds. The van der Waals surface area contributed by atoms with Gasteiger partial charge in [-0.1, -0.05) is 60.4 Å². The van der Waals surface area contributed by atoms with Crippen molar-refractivity contribution in [1.82, 2.24) is 10.2 Å². The molecule has 0 aromatic heterocycles. The van der Waals surface area contributed by atoms with E-state index in [0.717, 1.165) is 11.1 Å². The average molecular weight is 442 g/mol. The molecule has 166 valence electrons. The minimum Gasteiger partial charge on any atom is -0.497 e. The van der Waals surface area contributed by atoms with Gasteiger partial charge in [0.05, 0.1) is 12.7 Å². The van der Waals surface area contributed by atoms with Gasteiger partial charge in [0.15, 0.2) is 5.96 Å². The molecule has 2 N–H and O–H groups in total. The summed E-state index contributed by atoms with van der Waals surface area (Å²) in [5, 5.41) is 11.1. The van der Waals surface area contributed by atoms with E-state index in [0.29, 0.717) is 5.75 Å². The Hall–Kier alpha value is -4.37. The molecule has 1 unspecified atom stereocenters. The standard InChI is InChI=1S/C27H24FN3O2/c1-3-19-31(27(29)30-26(32)23-11-7-8-12-24(23)28)25(18-13-20-9-5-4-6-10-20)21-14-16-22(33-2)17-15-21/h3-12,14-17,25H,1,19H2,2H3,(H2,29,30,32). The molecule has 0 radical (unpaired) electrons. The first kappa shape index (κ1) is 23.3. The van der Waals surface area contributed by atoms with Crippen LogP contribution in [0.3, 0.4) is 0 Å². The Morgan fingerprint density at radius 1 is 1.12 bits per heavy atom. The quantitative estimate of drug-likeness (QED) is 0.250. The van der Waals surface area contributed by atoms with Crippen LogP contribution in [0.25, 0.3) is 0 Å². The predicted octanol–water partition coefficient (Wildman–Crippen LogP) is 4.78. The summed E-state index contributed by atoms with van der Waals surface area (Å²) in [4.78, 5) is 14.2. The zero-order valence-electron chi connectivity index (χ0n) is 18.2. The van der Waals surface area contributed by atoms with Gasteiger partial charge in [-0.2, -0.15) is 0 Å². The molecule has 0 bridgehead atoms. The number of rotatable bonds is 6. The number of halogens is 1. The Bertz CT molecular complexity index is 1180. The van der Waals surface area contributed by atoms with Crippen molar-refractivity contribution < 1.29 is 13.9 Å². The lowest BCUT2D eigenvalue weighted by Crippen LogP contribution is -2.45. The zero-order chi connectivity index (χ0) is 23.6. The third-order valence-electron chi connectivity index (χ3n) is 4.83. The second kappa shape index (κ2) is 11.3. The largest absolute Gasteiger partial charge is 0.497 e. The summed E-state index contributed by atoms with van der Waals surface area (Å²) in [5.41, 5.74) is 1.47. The first-order chi connectivity index (χ1) is 16.0. The van der Waals surface area contributed by atoms with Crippen LogP contribution in [-0.2, 0) is 0 Å². The van der Waals surface area contributed by atoms with Crippen LogP contribution in [0.15, 0.2) is 91.5 Å². The molecular weight excluding hydrogens is 417 g/mol. The highest BCUT2D eigenvalue weighted by Crippen LogP contribution is 2.23. The van der Waals surface area contributed by atoms with Gasteiger partial charge < -0.3 is 9.64 Å². The number of amides is 1. The average Bonchev–Trinajstić information content (AvgIpc) is 2.84. The van der Waals surface area contributed by atoms with Crippen LogP contribution in [0.2, 0.25) is 0 Å². The minimum absolute atomic E-state index is 0.142. The molecule has 5 nitrogen and oxygen atoms in total. The Morgan fingerprint density at radius 3 is 2.42 bits per heavy atom. The molecular formula is C27H24FN3O2. The van der Waals surface area contributed by atoms with Gasteiger partial charge in [0.25, 0.3) is 5.91 Å². The Balaban J connectivity index is 1.95. The van der Waals surface area contributed by atoms with Crippen molar-refractivity contribution in [3.05, 3.63) is 114 Å². The predicted molar refractivity (Wildman–Crippen MR) is 128 cm³/mol. The molecule has 33 heavy (non-hydrogen) atoms. The summed E-state index contributed by atoms with van der Waals surface area (Å²) in [6.45, 7) is 4.01. The van der Waals surface area contributed by atoms with E-state index in [1.165, 1.54) is 18.2 Å². The van der Waals surface area contributed by atoms with E-state index in [2.05, 4.69) is 23.7 Å². The van der Waals surface area contributed by atoms with Gasteiger partial charge >= 0.3 is 0 Å². The summed E-state index contributed by atoms with van der Waals surface area (Å²) in [6, 6.07) is 21.8. The molecule has 0 aliphatic carbocycles. The molecule has 0 heterocycles. The highest BCUT2D eigenvalue weighted by Gasteiger charge is 2.23. The third kappa shape index (κ3) is 6.08. The van der Waals surface area contributed by atoms with Gasteiger partial charge in [-0.25, -0.2) is 4.39 Å². The van der Waals surface area contributed by atoms with Crippen molar-refractivity contribution in [2.24, 2.45) is 0 Å². The fourth-order valence-electron chi connectivity index (χ4n) is 3.16. The smallest absolute Gasteiger partial charge is 0.260 e. The number of methoxy groups -OCH3 is 1. The summed E-state index contributed by atoms with van der Waals surface area (Å²) in [5.74, 6) is 5.43. The van der Waals surface area contributed by atoms with Crippen LogP contribution >= 0.6 is 0 Å². The van der Waals surface area contributed by atoms with Crippen LogP contribution < -0.4 is 10.1 Å². The van der Waals surface area contributed by atoms with Crippen molar-refractivity contribution in [2.45, 2.75) is 6.04 Å². The fourth-order valence-corrected chi connectivity index (χ4v) is 3.16. The van der Waals surface area contributed by atoms with Crippen molar-refractivity contribution in [2.75, 3.05) is 13.7 Å². The van der Waals surface area contributed by atoms with E-state index >= 15 is 0 Å². The van der Waals surface area contributed by atoms with Crippen LogP contribution in [0.5, 0.6) is 5.75 Å². The number of carbonyl (C=O) groups is 1. The SMILES string of the molecule is C=CCN(C(=N)NC(=O)c1ccccc1F)C(C#Cc1ccccc1)c1ccc(OC)cc1. The van der Waals surface area contributed by atoms with E-state index in [-0.39, 0.29) is 18.1 Å². The van der Waals surface area contributed by atoms with Crippen LogP contribution in [0.1, 0.15) is 27.5 Å². The number of carbonyl (C=O) groups excluding carboxylic acids is 1. The van der Waals surface area contributed by atoms with Gasteiger partial charge in [-0.05, 0) is 42.0 Å². The Morgan fingerprint density at radius 2 is 1.79 bits per heavy atom. The van der Waals surface area contributed by atoms with E-state index < -0.39 is 17.8 Å². The number of hydrogen-bond acceptors (Lipinski definition) is 3. The summed E-state index contributed by atoms with van der Waals surface area (Å²) >= 11 is 0. The minimum atomic E-state index is -0.711.